The minimum atomic E-state index is -6.48. The number of hydrogen-bond donors (Lipinski definition) is 0. The molecular weight excluding hydrogens is 343 g/mol. The minimum absolute atomic E-state index is 0.184. The van der Waals surface area contributed by atoms with Crippen LogP contribution in [0, 0.1) is 0 Å². The lowest BCUT2D eigenvalue weighted by molar-refractivity contribution is -0.359. The van der Waals surface area contributed by atoms with E-state index < -0.39 is 46.6 Å². The van der Waals surface area contributed by atoms with Crippen LogP contribution in [0.4, 0.5) is 39.5 Å². The van der Waals surface area contributed by atoms with Gasteiger partial charge in [-0.25, -0.2) is 0 Å². The number of benzene rings is 1. The lowest BCUT2D eigenvalue weighted by Crippen LogP contribution is -2.50. The van der Waals surface area contributed by atoms with Gasteiger partial charge in [0.25, 0.3) is 0 Å². The molecule has 0 bridgehead atoms. The van der Waals surface area contributed by atoms with E-state index >= 15 is 0 Å². The first-order chi connectivity index (χ1) is 10.2. The Morgan fingerprint density at radius 1 is 0.957 bits per heavy atom. The molecule has 0 fully saturated rings. The van der Waals surface area contributed by atoms with Gasteiger partial charge in [0.05, 0.1) is 0 Å². The molecule has 0 aromatic heterocycles. The standard InChI is InChI=1S/C13H7F9O/c1-6-4-7-5-8(2-3-9(7)23-11(6,16)17)10(14,15)12(18,19)13(20,21)22/h2-5H,1H3. The van der Waals surface area contributed by atoms with Crippen LogP contribution in [0.25, 0.3) is 6.08 Å². The molecule has 1 aromatic rings. The third-order valence-electron chi connectivity index (χ3n) is 3.19. The van der Waals surface area contributed by atoms with E-state index in [1.165, 1.54) is 0 Å². The van der Waals surface area contributed by atoms with Gasteiger partial charge >= 0.3 is 24.1 Å². The largest absolute Gasteiger partial charge is 0.460 e. The van der Waals surface area contributed by atoms with Gasteiger partial charge in [-0.1, -0.05) is 0 Å². The van der Waals surface area contributed by atoms with E-state index in [1.54, 1.807) is 0 Å². The van der Waals surface area contributed by atoms with Crippen molar-refractivity contribution < 1.29 is 44.3 Å². The lowest BCUT2D eigenvalue weighted by atomic mass is 9.97. The van der Waals surface area contributed by atoms with Crippen molar-refractivity contribution in [2.24, 2.45) is 0 Å². The summed E-state index contributed by atoms with van der Waals surface area (Å²) in [6.07, 6.45) is -9.54. The highest BCUT2D eigenvalue weighted by molar-refractivity contribution is 5.64. The fourth-order valence-electron chi connectivity index (χ4n) is 1.84. The molecule has 128 valence electrons. The molecule has 1 nitrogen and oxygen atoms in total. The average molecular weight is 350 g/mol. The van der Waals surface area contributed by atoms with Crippen molar-refractivity contribution >= 4 is 6.08 Å². The van der Waals surface area contributed by atoms with Crippen molar-refractivity contribution in [3.05, 3.63) is 34.9 Å². The van der Waals surface area contributed by atoms with Gasteiger partial charge in [0, 0.05) is 16.7 Å². The van der Waals surface area contributed by atoms with Crippen molar-refractivity contribution in [2.75, 3.05) is 0 Å². The first-order valence-corrected chi connectivity index (χ1v) is 5.92. The van der Waals surface area contributed by atoms with Gasteiger partial charge in [0.1, 0.15) is 5.75 Å². The van der Waals surface area contributed by atoms with Gasteiger partial charge in [0.15, 0.2) is 0 Å². The van der Waals surface area contributed by atoms with Crippen LogP contribution >= 0.6 is 0 Å². The molecule has 0 N–H and O–H groups in total. The smallest absolute Gasteiger partial charge is 0.429 e. The summed E-state index contributed by atoms with van der Waals surface area (Å²) in [7, 11) is 0. The molecule has 10 heteroatoms. The zero-order valence-electron chi connectivity index (χ0n) is 11.1. The van der Waals surface area contributed by atoms with Crippen molar-refractivity contribution in [2.45, 2.75) is 31.1 Å². The SMILES string of the molecule is CC1=Cc2cc(C(F)(F)C(F)(F)C(F)(F)F)ccc2OC1(F)F. The second-order valence-electron chi connectivity index (χ2n) is 4.85. The molecule has 23 heavy (non-hydrogen) atoms. The van der Waals surface area contributed by atoms with E-state index in [4.69, 9.17) is 0 Å². The summed E-state index contributed by atoms with van der Waals surface area (Å²) in [5.74, 6) is -12.5. The Bertz CT molecular complexity index is 658. The van der Waals surface area contributed by atoms with Crippen molar-refractivity contribution in [1.82, 2.24) is 0 Å². The van der Waals surface area contributed by atoms with Gasteiger partial charge in [0.2, 0.25) is 0 Å². The molecule has 1 aliphatic rings. The molecule has 0 atom stereocenters. The number of alkyl halides is 9. The molecule has 0 spiro atoms. The van der Waals surface area contributed by atoms with Crippen LogP contribution in [0.5, 0.6) is 5.75 Å². The maximum Gasteiger partial charge on any atom is 0.460 e. The molecule has 0 saturated carbocycles. The quantitative estimate of drug-likeness (QED) is 0.652. The third kappa shape index (κ3) is 2.63. The molecule has 0 unspecified atom stereocenters. The highest BCUT2D eigenvalue weighted by atomic mass is 19.4. The lowest BCUT2D eigenvalue weighted by Gasteiger charge is -2.30. The molecule has 0 aliphatic carbocycles. The summed E-state index contributed by atoms with van der Waals surface area (Å²) in [6.45, 7) is 0.887. The zero-order valence-corrected chi connectivity index (χ0v) is 11.1. The van der Waals surface area contributed by atoms with Gasteiger partial charge < -0.3 is 4.74 Å². The van der Waals surface area contributed by atoms with Gasteiger partial charge in [-0.2, -0.15) is 39.5 Å². The predicted molar refractivity (Wildman–Crippen MR) is 60.6 cm³/mol. The van der Waals surface area contributed by atoms with E-state index in [0.717, 1.165) is 6.92 Å². The molecule has 0 saturated heterocycles. The summed E-state index contributed by atoms with van der Waals surface area (Å²) >= 11 is 0. The van der Waals surface area contributed by atoms with Gasteiger partial charge in [-0.15, -0.1) is 0 Å². The predicted octanol–water partition coefficient (Wildman–Crippen LogP) is 5.36. The van der Waals surface area contributed by atoms with Crippen LogP contribution in [0.3, 0.4) is 0 Å². The van der Waals surface area contributed by atoms with Crippen LogP contribution in [-0.2, 0) is 5.92 Å². The Kier molecular flexibility index (Phi) is 3.66. The van der Waals surface area contributed by atoms with Crippen LogP contribution < -0.4 is 4.74 Å². The molecular formula is C13H7F9O. The fraction of sp³-hybridized carbons (Fsp3) is 0.385. The van der Waals surface area contributed by atoms with Gasteiger partial charge in [-0.3, -0.25) is 0 Å². The van der Waals surface area contributed by atoms with E-state index in [-0.39, 0.29) is 12.1 Å². The number of halogens is 9. The molecule has 0 amide bonds. The Hall–Kier alpha value is -1.87. The monoisotopic (exact) mass is 350 g/mol. The van der Waals surface area contributed by atoms with E-state index in [2.05, 4.69) is 4.74 Å². The Labute approximate surface area is 123 Å². The van der Waals surface area contributed by atoms with Gasteiger partial charge in [-0.05, 0) is 31.2 Å². The van der Waals surface area contributed by atoms with E-state index in [9.17, 15) is 39.5 Å². The topological polar surface area (TPSA) is 9.23 Å². The summed E-state index contributed by atoms with van der Waals surface area (Å²) < 4.78 is 120. The van der Waals surface area contributed by atoms with Crippen LogP contribution in [0.1, 0.15) is 18.1 Å². The molecule has 1 aromatic carbocycles. The van der Waals surface area contributed by atoms with Crippen LogP contribution in [-0.4, -0.2) is 18.2 Å². The Morgan fingerprint density at radius 2 is 1.52 bits per heavy atom. The fourth-order valence-corrected chi connectivity index (χ4v) is 1.84. The van der Waals surface area contributed by atoms with Crippen LogP contribution in [0.2, 0.25) is 0 Å². The summed E-state index contributed by atoms with van der Waals surface area (Å²) in [5, 5.41) is 0. The summed E-state index contributed by atoms with van der Waals surface area (Å²) in [4.78, 5) is 0. The summed E-state index contributed by atoms with van der Waals surface area (Å²) in [5.41, 5.74) is -2.84. The van der Waals surface area contributed by atoms with Crippen molar-refractivity contribution in [3.8, 4) is 5.75 Å². The third-order valence-corrected chi connectivity index (χ3v) is 3.19. The molecule has 0 radical (unpaired) electrons. The Balaban J connectivity index is 2.52. The number of fused-ring (bicyclic) bond motifs is 1. The molecule has 2 rings (SSSR count). The van der Waals surface area contributed by atoms with Crippen LogP contribution in [0.15, 0.2) is 23.8 Å². The second kappa shape index (κ2) is 4.81. The maximum atomic E-state index is 13.6. The maximum absolute atomic E-state index is 13.6. The highest BCUT2D eigenvalue weighted by Gasteiger charge is 2.73. The Morgan fingerprint density at radius 3 is 2.04 bits per heavy atom. The number of rotatable bonds is 2. The highest BCUT2D eigenvalue weighted by Crippen LogP contribution is 2.52. The first kappa shape index (κ1) is 17.5. The van der Waals surface area contributed by atoms with E-state index in [0.29, 0.717) is 12.1 Å². The number of ether oxygens (including phenoxy) is 1. The zero-order chi connectivity index (χ0) is 17.8. The molecule has 1 aliphatic heterocycles. The van der Waals surface area contributed by atoms with E-state index in [1.807, 2.05) is 0 Å². The molecule has 1 heterocycles. The first-order valence-electron chi connectivity index (χ1n) is 5.92. The van der Waals surface area contributed by atoms with Crippen molar-refractivity contribution in [3.63, 3.8) is 0 Å². The summed E-state index contributed by atoms with van der Waals surface area (Å²) in [6, 6.07) is 0.929. The second-order valence-corrected chi connectivity index (χ2v) is 4.85. The number of hydrogen-bond acceptors (Lipinski definition) is 1. The van der Waals surface area contributed by atoms with Crippen molar-refractivity contribution in [1.29, 1.82) is 0 Å². The average Bonchev–Trinajstić information content (AvgIpc) is 2.37. The minimum Gasteiger partial charge on any atom is -0.429 e. The normalized spacial score (nSPS) is 18.1.